The van der Waals surface area contributed by atoms with Crippen molar-refractivity contribution in [2.45, 2.75) is 26.8 Å². The predicted molar refractivity (Wildman–Crippen MR) is 83.7 cm³/mol. The maximum atomic E-state index is 12.3. The quantitative estimate of drug-likeness (QED) is 0.833. The van der Waals surface area contributed by atoms with Crippen LogP contribution in [0.15, 0.2) is 31.7 Å². The first-order chi connectivity index (χ1) is 9.40. The van der Waals surface area contributed by atoms with Crippen molar-refractivity contribution in [1.29, 1.82) is 0 Å². The van der Waals surface area contributed by atoms with Crippen molar-refractivity contribution < 1.29 is 9.32 Å². The van der Waals surface area contributed by atoms with Gasteiger partial charge in [0.2, 0.25) is 0 Å². The summed E-state index contributed by atoms with van der Waals surface area (Å²) in [6, 6.07) is 5.32. The number of amides is 1. The Morgan fingerprint density at radius 1 is 1.35 bits per heavy atom. The zero-order valence-electron chi connectivity index (χ0n) is 11.3. The number of rotatable bonds is 3. The molecule has 0 bridgehead atoms. The molecule has 0 aliphatic rings. The third-order valence-corrected chi connectivity index (χ3v) is 4.23. The highest BCUT2D eigenvalue weighted by Gasteiger charge is 2.20. The van der Waals surface area contributed by atoms with Crippen molar-refractivity contribution >= 4 is 37.8 Å². The summed E-state index contributed by atoms with van der Waals surface area (Å²) in [4.78, 5) is 12.3. The number of carbonyl (C=O) groups excluding carboxylic acids is 1. The standard InChI is InChI=1S/C14H14Br2N2O2/c1-7(13-8(2)18-20-9(13)3)17-14(19)11-6-10(15)4-5-12(11)16/h4-7H,1-3H3,(H,17,19). The number of hydrogen-bond donors (Lipinski definition) is 1. The van der Waals surface area contributed by atoms with Crippen molar-refractivity contribution in [3.63, 3.8) is 0 Å². The van der Waals surface area contributed by atoms with Gasteiger partial charge in [0.1, 0.15) is 5.76 Å². The van der Waals surface area contributed by atoms with Crippen LogP contribution in [-0.2, 0) is 0 Å². The smallest absolute Gasteiger partial charge is 0.252 e. The zero-order chi connectivity index (χ0) is 14.9. The van der Waals surface area contributed by atoms with E-state index in [9.17, 15) is 4.79 Å². The van der Waals surface area contributed by atoms with Crippen LogP contribution in [0.4, 0.5) is 0 Å². The van der Waals surface area contributed by atoms with E-state index in [-0.39, 0.29) is 11.9 Å². The highest BCUT2D eigenvalue weighted by atomic mass is 79.9. The van der Waals surface area contributed by atoms with Crippen molar-refractivity contribution in [3.8, 4) is 0 Å². The molecular formula is C14H14Br2N2O2. The van der Waals surface area contributed by atoms with Crippen molar-refractivity contribution in [2.24, 2.45) is 0 Å². The number of halogens is 2. The zero-order valence-corrected chi connectivity index (χ0v) is 14.5. The number of nitrogens with zero attached hydrogens (tertiary/aromatic N) is 1. The molecule has 1 N–H and O–H groups in total. The lowest BCUT2D eigenvalue weighted by Crippen LogP contribution is -2.27. The molecule has 0 radical (unpaired) electrons. The molecule has 2 rings (SSSR count). The summed E-state index contributed by atoms with van der Waals surface area (Å²) in [5.74, 6) is 0.578. The average molecular weight is 402 g/mol. The highest BCUT2D eigenvalue weighted by molar-refractivity contribution is 9.11. The fourth-order valence-corrected chi connectivity index (χ4v) is 2.91. The van der Waals surface area contributed by atoms with Gasteiger partial charge in [0.25, 0.3) is 5.91 Å². The second-order valence-corrected chi connectivity index (χ2v) is 6.33. The maximum Gasteiger partial charge on any atom is 0.252 e. The van der Waals surface area contributed by atoms with E-state index >= 15 is 0 Å². The summed E-state index contributed by atoms with van der Waals surface area (Å²) in [5, 5.41) is 6.86. The van der Waals surface area contributed by atoms with Gasteiger partial charge in [0.05, 0.1) is 17.3 Å². The summed E-state index contributed by atoms with van der Waals surface area (Å²) < 4.78 is 6.74. The number of nitrogens with one attached hydrogen (secondary N) is 1. The molecule has 6 heteroatoms. The highest BCUT2D eigenvalue weighted by Crippen LogP contribution is 2.24. The van der Waals surface area contributed by atoms with Gasteiger partial charge >= 0.3 is 0 Å². The Kier molecular flexibility index (Phi) is 4.65. The van der Waals surface area contributed by atoms with Crippen LogP contribution < -0.4 is 5.32 Å². The molecule has 0 saturated heterocycles. The lowest BCUT2D eigenvalue weighted by molar-refractivity contribution is 0.0939. The largest absolute Gasteiger partial charge is 0.361 e. The van der Waals surface area contributed by atoms with E-state index in [1.165, 1.54) is 0 Å². The second-order valence-electron chi connectivity index (χ2n) is 4.56. The summed E-state index contributed by atoms with van der Waals surface area (Å²) in [5.41, 5.74) is 2.30. The number of aryl methyl sites for hydroxylation is 2. The van der Waals surface area contributed by atoms with Gasteiger partial charge in [-0.15, -0.1) is 0 Å². The summed E-state index contributed by atoms with van der Waals surface area (Å²) in [6.07, 6.45) is 0. The van der Waals surface area contributed by atoms with E-state index in [0.29, 0.717) is 5.56 Å². The Balaban J connectivity index is 2.22. The summed E-state index contributed by atoms with van der Waals surface area (Å²) in [7, 11) is 0. The molecule has 4 nitrogen and oxygen atoms in total. The molecule has 1 unspecified atom stereocenters. The van der Waals surface area contributed by atoms with Gasteiger partial charge < -0.3 is 9.84 Å². The van der Waals surface area contributed by atoms with Crippen molar-refractivity contribution in [3.05, 3.63) is 49.7 Å². The minimum atomic E-state index is -0.167. The Morgan fingerprint density at radius 2 is 2.05 bits per heavy atom. The van der Waals surface area contributed by atoms with E-state index in [1.54, 1.807) is 6.07 Å². The third-order valence-electron chi connectivity index (χ3n) is 3.04. The molecule has 1 amide bonds. The average Bonchev–Trinajstić information content (AvgIpc) is 2.71. The molecule has 0 aliphatic carbocycles. The number of aromatic nitrogens is 1. The molecular weight excluding hydrogens is 388 g/mol. The Morgan fingerprint density at radius 3 is 2.65 bits per heavy atom. The molecule has 0 saturated carbocycles. The number of carbonyl (C=O) groups is 1. The molecule has 1 atom stereocenters. The predicted octanol–water partition coefficient (Wildman–Crippen LogP) is 4.31. The van der Waals surface area contributed by atoms with Gasteiger partial charge in [-0.3, -0.25) is 4.79 Å². The molecule has 106 valence electrons. The van der Waals surface area contributed by atoms with Gasteiger partial charge in [-0.2, -0.15) is 0 Å². The first kappa shape index (κ1) is 15.3. The van der Waals surface area contributed by atoms with Crippen molar-refractivity contribution in [1.82, 2.24) is 10.5 Å². The van der Waals surface area contributed by atoms with E-state index in [1.807, 2.05) is 32.9 Å². The van der Waals surface area contributed by atoms with E-state index in [2.05, 4.69) is 42.3 Å². The second kappa shape index (κ2) is 6.10. The van der Waals surface area contributed by atoms with Crippen LogP contribution in [0.3, 0.4) is 0 Å². The Bertz CT molecular complexity index is 633. The van der Waals surface area contributed by atoms with E-state index < -0.39 is 0 Å². The molecule has 1 heterocycles. The van der Waals surface area contributed by atoms with Crippen molar-refractivity contribution in [2.75, 3.05) is 0 Å². The van der Waals surface area contributed by atoms with Crippen LogP contribution in [0.1, 0.15) is 40.3 Å². The minimum Gasteiger partial charge on any atom is -0.361 e. The lowest BCUT2D eigenvalue weighted by atomic mass is 10.1. The first-order valence-electron chi connectivity index (χ1n) is 6.09. The van der Waals surface area contributed by atoms with Gasteiger partial charge in [-0.1, -0.05) is 21.1 Å². The molecule has 0 spiro atoms. The van der Waals surface area contributed by atoms with Crippen LogP contribution in [-0.4, -0.2) is 11.1 Å². The topological polar surface area (TPSA) is 55.1 Å². The van der Waals surface area contributed by atoms with Gasteiger partial charge in [0.15, 0.2) is 0 Å². The van der Waals surface area contributed by atoms with Gasteiger partial charge in [0, 0.05) is 14.5 Å². The van der Waals surface area contributed by atoms with Crippen LogP contribution in [0.5, 0.6) is 0 Å². The fourth-order valence-electron chi connectivity index (χ4n) is 2.13. The van der Waals surface area contributed by atoms with Crippen LogP contribution in [0, 0.1) is 13.8 Å². The molecule has 1 aromatic carbocycles. The third kappa shape index (κ3) is 3.12. The van der Waals surface area contributed by atoms with Gasteiger partial charge in [-0.05, 0) is 54.9 Å². The molecule has 2 aromatic rings. The monoisotopic (exact) mass is 400 g/mol. The molecule has 0 fully saturated rings. The van der Waals surface area contributed by atoms with Crippen LogP contribution in [0.2, 0.25) is 0 Å². The minimum absolute atomic E-state index is 0.148. The van der Waals surface area contributed by atoms with E-state index in [0.717, 1.165) is 26.0 Å². The number of benzene rings is 1. The molecule has 1 aromatic heterocycles. The van der Waals surface area contributed by atoms with Gasteiger partial charge in [-0.25, -0.2) is 0 Å². The Labute approximate surface area is 134 Å². The first-order valence-corrected chi connectivity index (χ1v) is 7.67. The normalized spacial score (nSPS) is 12.2. The maximum absolute atomic E-state index is 12.3. The van der Waals surface area contributed by atoms with E-state index in [4.69, 9.17) is 4.52 Å². The fraction of sp³-hybridized carbons (Fsp3) is 0.286. The SMILES string of the molecule is Cc1noc(C)c1C(C)NC(=O)c1cc(Br)ccc1Br. The Hall–Kier alpha value is -1.14. The molecule has 20 heavy (non-hydrogen) atoms. The lowest BCUT2D eigenvalue weighted by Gasteiger charge is -2.14. The summed E-state index contributed by atoms with van der Waals surface area (Å²) >= 11 is 6.75. The molecule has 0 aliphatic heterocycles. The number of hydrogen-bond acceptors (Lipinski definition) is 3. The van der Waals surface area contributed by atoms with Crippen LogP contribution >= 0.6 is 31.9 Å². The van der Waals surface area contributed by atoms with Crippen LogP contribution in [0.25, 0.3) is 0 Å². The summed E-state index contributed by atoms with van der Waals surface area (Å²) in [6.45, 7) is 5.62.